The van der Waals surface area contributed by atoms with Crippen LogP contribution in [0.25, 0.3) is 11.5 Å². The molecule has 0 spiro atoms. The highest BCUT2D eigenvalue weighted by molar-refractivity contribution is 6.37. The fourth-order valence-electron chi connectivity index (χ4n) is 1.88. The second-order valence-electron chi connectivity index (χ2n) is 4.40. The Morgan fingerprint density at radius 3 is 2.67 bits per heavy atom. The summed E-state index contributed by atoms with van der Waals surface area (Å²) < 4.78 is 5.24. The van der Waals surface area contributed by atoms with Gasteiger partial charge in [-0.2, -0.15) is 4.98 Å². The lowest BCUT2D eigenvalue weighted by atomic mass is 10.1. The van der Waals surface area contributed by atoms with Gasteiger partial charge >= 0.3 is 0 Å². The molecule has 0 aliphatic carbocycles. The first kappa shape index (κ1) is 13.9. The van der Waals surface area contributed by atoms with Gasteiger partial charge in [-0.25, -0.2) is 0 Å². The molecule has 1 aromatic carbocycles. The third kappa shape index (κ3) is 2.99. The number of nitrogens with two attached hydrogens (primary N) is 1. The average Bonchev–Trinajstić information content (AvgIpc) is 2.92. The summed E-state index contributed by atoms with van der Waals surface area (Å²) in [5, 5.41) is 4.75. The van der Waals surface area contributed by atoms with E-state index in [1.165, 1.54) is 0 Å². The van der Waals surface area contributed by atoms with Gasteiger partial charge in [0.2, 0.25) is 0 Å². The van der Waals surface area contributed by atoms with Crippen LogP contribution in [0.5, 0.6) is 0 Å². The van der Waals surface area contributed by atoms with E-state index in [9.17, 15) is 0 Å². The van der Waals surface area contributed by atoms with Gasteiger partial charge in [0.1, 0.15) is 0 Å². The third-order valence-electron chi connectivity index (χ3n) is 2.90. The summed E-state index contributed by atoms with van der Waals surface area (Å²) >= 11 is 12.0. The third-order valence-corrected chi connectivity index (χ3v) is 3.44. The summed E-state index contributed by atoms with van der Waals surface area (Å²) in [6.45, 7) is 0. The lowest BCUT2D eigenvalue weighted by Crippen LogP contribution is -1.93. The summed E-state index contributed by atoms with van der Waals surface area (Å²) in [7, 11) is 0. The molecule has 3 rings (SSSR count). The Morgan fingerprint density at radius 1 is 1.14 bits per heavy atom. The van der Waals surface area contributed by atoms with Crippen molar-refractivity contribution in [3.05, 3.63) is 58.1 Å². The highest BCUT2D eigenvalue weighted by atomic mass is 35.5. The van der Waals surface area contributed by atoms with Gasteiger partial charge in [0, 0.05) is 23.8 Å². The molecule has 2 aromatic heterocycles. The Hall–Kier alpha value is -2.11. The highest BCUT2D eigenvalue weighted by Crippen LogP contribution is 2.34. The molecular formula is C14H10Cl2N4O. The van der Waals surface area contributed by atoms with E-state index in [0.717, 1.165) is 5.56 Å². The lowest BCUT2D eigenvalue weighted by molar-refractivity contribution is 0.424. The van der Waals surface area contributed by atoms with Crippen molar-refractivity contribution in [3.63, 3.8) is 0 Å². The smallest absolute Gasteiger partial charge is 0.260 e. The topological polar surface area (TPSA) is 77.8 Å². The predicted octanol–water partition coefficient (Wildman–Crippen LogP) is 3.61. The Bertz CT molecular complexity index is 774. The molecule has 7 heteroatoms. The zero-order valence-corrected chi connectivity index (χ0v) is 12.3. The van der Waals surface area contributed by atoms with Gasteiger partial charge in [-0.1, -0.05) is 28.4 Å². The number of benzene rings is 1. The summed E-state index contributed by atoms with van der Waals surface area (Å²) in [6, 6.07) is 6.99. The maximum Gasteiger partial charge on any atom is 0.260 e. The number of nitrogen functional groups attached to an aromatic ring is 1. The van der Waals surface area contributed by atoms with E-state index in [2.05, 4.69) is 15.1 Å². The number of hydrogen-bond acceptors (Lipinski definition) is 5. The molecule has 0 unspecified atom stereocenters. The largest absolute Gasteiger partial charge is 0.397 e. The summed E-state index contributed by atoms with van der Waals surface area (Å²) in [4.78, 5) is 8.28. The molecule has 21 heavy (non-hydrogen) atoms. The molecule has 0 bridgehead atoms. The van der Waals surface area contributed by atoms with Crippen LogP contribution in [0.1, 0.15) is 11.4 Å². The van der Waals surface area contributed by atoms with Crippen LogP contribution in [0.3, 0.4) is 0 Å². The zero-order valence-electron chi connectivity index (χ0n) is 10.8. The molecule has 2 N–H and O–H groups in total. The van der Waals surface area contributed by atoms with E-state index in [-0.39, 0.29) is 0 Å². The van der Waals surface area contributed by atoms with Gasteiger partial charge in [0.15, 0.2) is 5.82 Å². The number of halogens is 2. The molecule has 0 atom stereocenters. The van der Waals surface area contributed by atoms with Crippen LogP contribution in [0.4, 0.5) is 5.69 Å². The Morgan fingerprint density at radius 2 is 1.90 bits per heavy atom. The molecule has 0 saturated carbocycles. The normalized spacial score (nSPS) is 10.8. The monoisotopic (exact) mass is 320 g/mol. The zero-order chi connectivity index (χ0) is 14.8. The highest BCUT2D eigenvalue weighted by Gasteiger charge is 2.15. The minimum atomic E-state index is 0.293. The van der Waals surface area contributed by atoms with Crippen LogP contribution in [-0.4, -0.2) is 15.1 Å². The standard InChI is InChI=1S/C14H10Cl2N4O/c15-9-6-10(13(17)11(16)7-9)14-19-12(20-21-14)5-8-1-3-18-4-2-8/h1-4,6-7H,5,17H2. The molecule has 0 amide bonds. The van der Waals surface area contributed by atoms with E-state index in [1.807, 2.05) is 12.1 Å². The van der Waals surface area contributed by atoms with Gasteiger partial charge in [-0.3, -0.25) is 4.98 Å². The van der Waals surface area contributed by atoms with Crippen LogP contribution < -0.4 is 5.73 Å². The summed E-state index contributed by atoms with van der Waals surface area (Å²) in [5.41, 5.74) is 7.85. The quantitative estimate of drug-likeness (QED) is 0.746. The van der Waals surface area contributed by atoms with Crippen LogP contribution in [0.15, 0.2) is 41.2 Å². The molecule has 2 heterocycles. The second-order valence-corrected chi connectivity index (χ2v) is 5.24. The molecule has 106 valence electrons. The summed E-state index contributed by atoms with van der Waals surface area (Å²) in [6.07, 6.45) is 3.97. The molecular weight excluding hydrogens is 311 g/mol. The minimum absolute atomic E-state index is 0.293. The van der Waals surface area contributed by atoms with Crippen molar-refractivity contribution in [1.29, 1.82) is 0 Å². The number of anilines is 1. The predicted molar refractivity (Wildman–Crippen MR) is 81.2 cm³/mol. The number of rotatable bonds is 3. The first-order valence-corrected chi connectivity index (χ1v) is 6.85. The number of nitrogens with zero attached hydrogens (tertiary/aromatic N) is 3. The molecule has 0 fully saturated rings. The number of aromatic nitrogens is 3. The van der Waals surface area contributed by atoms with Crippen LogP contribution in [-0.2, 0) is 6.42 Å². The van der Waals surface area contributed by atoms with Gasteiger partial charge in [0.25, 0.3) is 5.89 Å². The van der Waals surface area contributed by atoms with E-state index >= 15 is 0 Å². The van der Waals surface area contributed by atoms with Gasteiger partial charge < -0.3 is 10.3 Å². The molecule has 0 aliphatic rings. The van der Waals surface area contributed by atoms with Crippen molar-refractivity contribution in [2.75, 3.05) is 5.73 Å². The van der Waals surface area contributed by atoms with Crippen LogP contribution >= 0.6 is 23.2 Å². The maximum atomic E-state index is 6.00. The fraction of sp³-hybridized carbons (Fsp3) is 0.0714. The maximum absolute atomic E-state index is 6.00. The fourth-order valence-corrected chi connectivity index (χ4v) is 2.37. The van der Waals surface area contributed by atoms with Crippen LogP contribution in [0, 0.1) is 0 Å². The second kappa shape index (κ2) is 5.71. The van der Waals surface area contributed by atoms with E-state index < -0.39 is 0 Å². The summed E-state index contributed by atoms with van der Waals surface area (Å²) in [5.74, 6) is 0.840. The van der Waals surface area contributed by atoms with E-state index in [4.69, 9.17) is 33.5 Å². The van der Waals surface area contributed by atoms with Gasteiger partial charge in [-0.15, -0.1) is 0 Å². The van der Waals surface area contributed by atoms with E-state index in [1.54, 1.807) is 24.5 Å². The van der Waals surface area contributed by atoms with E-state index in [0.29, 0.717) is 39.4 Å². The SMILES string of the molecule is Nc1c(Cl)cc(Cl)cc1-c1nc(Cc2ccncc2)no1. The minimum Gasteiger partial charge on any atom is -0.397 e. The Labute approximate surface area is 130 Å². The van der Waals surface area contributed by atoms with Crippen molar-refractivity contribution in [2.24, 2.45) is 0 Å². The van der Waals surface area contributed by atoms with Gasteiger partial charge in [0.05, 0.1) is 16.3 Å². The molecule has 0 radical (unpaired) electrons. The van der Waals surface area contributed by atoms with Crippen molar-refractivity contribution in [1.82, 2.24) is 15.1 Å². The number of pyridine rings is 1. The molecule has 5 nitrogen and oxygen atoms in total. The Kier molecular flexibility index (Phi) is 3.77. The Balaban J connectivity index is 1.92. The molecule has 0 saturated heterocycles. The van der Waals surface area contributed by atoms with Crippen molar-refractivity contribution < 1.29 is 4.52 Å². The molecule has 0 aliphatic heterocycles. The van der Waals surface area contributed by atoms with Crippen molar-refractivity contribution in [2.45, 2.75) is 6.42 Å². The first-order valence-electron chi connectivity index (χ1n) is 6.10. The van der Waals surface area contributed by atoms with Gasteiger partial charge in [-0.05, 0) is 29.8 Å². The lowest BCUT2D eigenvalue weighted by Gasteiger charge is -2.03. The number of hydrogen-bond donors (Lipinski definition) is 1. The average molecular weight is 321 g/mol. The van der Waals surface area contributed by atoms with Crippen molar-refractivity contribution >= 4 is 28.9 Å². The van der Waals surface area contributed by atoms with Crippen molar-refractivity contribution in [3.8, 4) is 11.5 Å². The van der Waals surface area contributed by atoms with Crippen LogP contribution in [0.2, 0.25) is 10.0 Å². The first-order chi connectivity index (χ1) is 10.1. The molecule has 3 aromatic rings.